The first-order chi connectivity index (χ1) is 6.15. The number of esters is 1. The number of ether oxygens (including phenoxy) is 1. The predicted octanol–water partition coefficient (Wildman–Crippen LogP) is -0.463. The summed E-state index contributed by atoms with van der Waals surface area (Å²) >= 11 is 0. The fraction of sp³-hybridized carbons (Fsp3) is 0.889. The van der Waals surface area contributed by atoms with E-state index in [0.717, 1.165) is 6.42 Å². The quantitative estimate of drug-likeness (QED) is 0.544. The largest absolute Gasteiger partial charge is 0.469 e. The zero-order valence-corrected chi connectivity index (χ0v) is 7.51. The molecule has 2 aliphatic rings. The minimum Gasteiger partial charge on any atom is -0.469 e. The van der Waals surface area contributed by atoms with Gasteiger partial charge in [0.05, 0.1) is 25.2 Å². The van der Waals surface area contributed by atoms with Crippen molar-refractivity contribution in [1.82, 2.24) is 0 Å². The van der Waals surface area contributed by atoms with E-state index in [-0.39, 0.29) is 23.7 Å². The van der Waals surface area contributed by atoms with Gasteiger partial charge in [-0.2, -0.15) is 0 Å². The molecule has 2 rings (SSSR count). The summed E-state index contributed by atoms with van der Waals surface area (Å²) in [5, 5.41) is 19.0. The van der Waals surface area contributed by atoms with Gasteiger partial charge in [-0.25, -0.2) is 0 Å². The number of carbonyl (C=O) groups is 1. The van der Waals surface area contributed by atoms with Gasteiger partial charge in [-0.15, -0.1) is 0 Å². The molecule has 2 saturated carbocycles. The van der Waals surface area contributed by atoms with Gasteiger partial charge in [0.15, 0.2) is 0 Å². The van der Waals surface area contributed by atoms with Crippen LogP contribution in [0.15, 0.2) is 0 Å². The van der Waals surface area contributed by atoms with Gasteiger partial charge in [0.25, 0.3) is 0 Å². The molecule has 0 aromatic rings. The molecule has 0 heterocycles. The number of aliphatic hydroxyl groups excluding tert-OH is 2. The van der Waals surface area contributed by atoms with Crippen LogP contribution in [0.25, 0.3) is 0 Å². The Bertz CT molecular complexity index is 226. The molecule has 4 heteroatoms. The molecule has 0 radical (unpaired) electrons. The number of aliphatic hydroxyl groups is 2. The molecule has 0 aromatic heterocycles. The third-order valence-electron chi connectivity index (χ3n) is 3.42. The fourth-order valence-electron chi connectivity index (χ4n) is 2.72. The van der Waals surface area contributed by atoms with Crippen molar-refractivity contribution >= 4 is 5.97 Å². The Labute approximate surface area is 76.5 Å². The minimum absolute atomic E-state index is 0.0871. The van der Waals surface area contributed by atoms with Crippen LogP contribution in [0.3, 0.4) is 0 Å². The first kappa shape index (κ1) is 8.97. The smallest absolute Gasteiger partial charge is 0.309 e. The first-order valence-corrected chi connectivity index (χ1v) is 4.59. The topological polar surface area (TPSA) is 66.8 Å². The van der Waals surface area contributed by atoms with Gasteiger partial charge >= 0.3 is 5.97 Å². The second-order valence-corrected chi connectivity index (χ2v) is 4.01. The minimum atomic E-state index is -0.733. The average molecular weight is 186 g/mol. The molecule has 0 spiro atoms. The van der Waals surface area contributed by atoms with Crippen LogP contribution in [0, 0.1) is 17.8 Å². The Hall–Kier alpha value is -0.610. The highest BCUT2D eigenvalue weighted by Gasteiger charge is 2.54. The summed E-state index contributed by atoms with van der Waals surface area (Å²) in [4.78, 5) is 11.2. The summed E-state index contributed by atoms with van der Waals surface area (Å²) in [7, 11) is 1.36. The van der Waals surface area contributed by atoms with Crippen molar-refractivity contribution in [2.45, 2.75) is 25.0 Å². The number of rotatable bonds is 1. The number of hydrogen-bond acceptors (Lipinski definition) is 4. The maximum Gasteiger partial charge on any atom is 0.309 e. The van der Waals surface area contributed by atoms with Crippen molar-refractivity contribution in [2.75, 3.05) is 7.11 Å². The van der Waals surface area contributed by atoms with E-state index >= 15 is 0 Å². The molecule has 4 nitrogen and oxygen atoms in total. The van der Waals surface area contributed by atoms with Crippen LogP contribution in [0.2, 0.25) is 0 Å². The summed E-state index contributed by atoms with van der Waals surface area (Å²) in [5.41, 5.74) is 0. The first-order valence-electron chi connectivity index (χ1n) is 4.59. The van der Waals surface area contributed by atoms with Crippen LogP contribution in [-0.4, -0.2) is 35.5 Å². The number of methoxy groups -OCH3 is 1. The molecule has 2 bridgehead atoms. The third-order valence-corrected chi connectivity index (χ3v) is 3.42. The summed E-state index contributed by atoms with van der Waals surface area (Å²) < 4.78 is 4.64. The van der Waals surface area contributed by atoms with Gasteiger partial charge in [-0.05, 0) is 18.8 Å². The predicted molar refractivity (Wildman–Crippen MR) is 43.7 cm³/mol. The van der Waals surface area contributed by atoms with Crippen molar-refractivity contribution in [3.63, 3.8) is 0 Å². The maximum atomic E-state index is 11.2. The van der Waals surface area contributed by atoms with Gasteiger partial charge in [-0.3, -0.25) is 4.79 Å². The molecule has 74 valence electrons. The maximum absolute atomic E-state index is 11.2. The van der Waals surface area contributed by atoms with Gasteiger partial charge < -0.3 is 14.9 Å². The van der Waals surface area contributed by atoms with Gasteiger partial charge in [-0.1, -0.05) is 0 Å². The second-order valence-electron chi connectivity index (χ2n) is 4.01. The van der Waals surface area contributed by atoms with Crippen LogP contribution >= 0.6 is 0 Å². The van der Waals surface area contributed by atoms with E-state index in [1.54, 1.807) is 0 Å². The highest BCUT2D eigenvalue weighted by molar-refractivity contribution is 5.73. The van der Waals surface area contributed by atoms with Crippen molar-refractivity contribution in [3.8, 4) is 0 Å². The fourth-order valence-corrected chi connectivity index (χ4v) is 2.72. The van der Waals surface area contributed by atoms with Crippen molar-refractivity contribution in [3.05, 3.63) is 0 Å². The molecule has 5 unspecified atom stereocenters. The van der Waals surface area contributed by atoms with Gasteiger partial charge in [0.1, 0.15) is 0 Å². The summed E-state index contributed by atoms with van der Waals surface area (Å²) in [6, 6.07) is 0. The SMILES string of the molecule is COC(=O)C1CC2CC1C(O)C2O. The third kappa shape index (κ3) is 1.16. The van der Waals surface area contributed by atoms with Crippen LogP contribution < -0.4 is 0 Å². The number of fused-ring (bicyclic) bond motifs is 2. The average Bonchev–Trinajstić information content (AvgIpc) is 2.67. The van der Waals surface area contributed by atoms with E-state index in [2.05, 4.69) is 4.74 Å². The summed E-state index contributed by atoms with van der Waals surface area (Å²) in [5.74, 6) is -0.455. The van der Waals surface area contributed by atoms with Crippen LogP contribution in [-0.2, 0) is 9.53 Å². The van der Waals surface area contributed by atoms with Gasteiger partial charge in [0.2, 0.25) is 0 Å². The second kappa shape index (κ2) is 2.96. The summed E-state index contributed by atoms with van der Waals surface area (Å²) in [6.45, 7) is 0. The summed E-state index contributed by atoms with van der Waals surface area (Å²) in [6.07, 6.45) is 0.0475. The van der Waals surface area contributed by atoms with Crippen LogP contribution in [0.5, 0.6) is 0 Å². The molecule has 0 amide bonds. The molecular weight excluding hydrogens is 172 g/mol. The molecule has 2 N–H and O–H groups in total. The zero-order chi connectivity index (χ0) is 9.59. The standard InChI is InChI=1S/C9H14O4/c1-13-9(12)6-3-4-2-5(6)8(11)7(4)10/h4-8,10-11H,2-3H2,1H3. The van der Waals surface area contributed by atoms with Gasteiger partial charge in [0, 0.05) is 5.92 Å². The van der Waals surface area contributed by atoms with Crippen LogP contribution in [0.1, 0.15) is 12.8 Å². The Kier molecular flexibility index (Phi) is 2.04. The van der Waals surface area contributed by atoms with Crippen molar-refractivity contribution in [1.29, 1.82) is 0 Å². The van der Waals surface area contributed by atoms with Crippen molar-refractivity contribution < 1.29 is 19.7 Å². The molecule has 5 atom stereocenters. The highest BCUT2D eigenvalue weighted by Crippen LogP contribution is 2.48. The molecular formula is C9H14O4. The van der Waals surface area contributed by atoms with E-state index < -0.39 is 12.2 Å². The lowest BCUT2D eigenvalue weighted by Gasteiger charge is -2.27. The monoisotopic (exact) mass is 186 g/mol. The Morgan fingerprint density at radius 1 is 1.31 bits per heavy atom. The number of carbonyl (C=O) groups excluding carboxylic acids is 1. The van der Waals surface area contributed by atoms with E-state index in [0.29, 0.717) is 6.42 Å². The lowest BCUT2D eigenvalue weighted by Crippen LogP contribution is -2.39. The highest BCUT2D eigenvalue weighted by atomic mass is 16.5. The zero-order valence-electron chi connectivity index (χ0n) is 7.51. The molecule has 0 aromatic carbocycles. The number of hydrogen-bond donors (Lipinski definition) is 2. The van der Waals surface area contributed by atoms with Crippen LogP contribution in [0.4, 0.5) is 0 Å². The Morgan fingerprint density at radius 3 is 2.46 bits per heavy atom. The lowest BCUT2D eigenvalue weighted by molar-refractivity contribution is -0.151. The molecule has 0 saturated heterocycles. The van der Waals surface area contributed by atoms with E-state index in [9.17, 15) is 15.0 Å². The molecule has 2 aliphatic carbocycles. The molecule has 2 fully saturated rings. The van der Waals surface area contributed by atoms with E-state index in [1.807, 2.05) is 0 Å². The van der Waals surface area contributed by atoms with Crippen molar-refractivity contribution in [2.24, 2.45) is 17.8 Å². The normalized spacial score (nSPS) is 48.1. The molecule has 13 heavy (non-hydrogen) atoms. The Balaban J connectivity index is 2.10. The van der Waals surface area contributed by atoms with E-state index in [1.165, 1.54) is 7.11 Å². The molecule has 0 aliphatic heterocycles. The Morgan fingerprint density at radius 2 is 2.00 bits per heavy atom. The lowest BCUT2D eigenvalue weighted by atomic mass is 9.85. The van der Waals surface area contributed by atoms with E-state index in [4.69, 9.17) is 0 Å².